The number of esters is 1. The number of ether oxygens (including phenoxy) is 2. The third kappa shape index (κ3) is 3.99. The van der Waals surface area contributed by atoms with Crippen LogP contribution in [0.15, 0.2) is 69.4 Å². The molecule has 32 heavy (non-hydrogen) atoms. The fraction of sp³-hybridized carbons (Fsp3) is 0.208. The Bertz CT molecular complexity index is 1390. The number of rotatable bonds is 6. The molecule has 4 rings (SSSR count). The molecular weight excluding hydrogens is 444 g/mol. The van der Waals surface area contributed by atoms with Crippen LogP contribution in [0.5, 0.6) is 5.75 Å². The molecule has 6 nitrogen and oxygen atoms in total. The summed E-state index contributed by atoms with van der Waals surface area (Å²) >= 11 is 2.90. The van der Waals surface area contributed by atoms with E-state index in [2.05, 4.69) is 11.6 Å². The standard InChI is InChI=1S/C24H22N2O4S2/c1-5-11-30-23(28)20-15(3)25-24-26(21(20)16-6-8-17(29-4)9-7-16)22(27)19(32-24)13-18-14(2)10-12-31-18/h5-10,12-13,21H,1,11H2,2-4H3/b19-13-/t21-/m1/s1. The van der Waals surface area contributed by atoms with Crippen LogP contribution < -0.4 is 19.6 Å². The molecule has 0 bridgehead atoms. The molecule has 0 saturated carbocycles. The molecule has 3 heterocycles. The quantitative estimate of drug-likeness (QED) is 0.413. The van der Waals surface area contributed by atoms with Crippen LogP contribution in [-0.4, -0.2) is 24.3 Å². The molecule has 0 saturated heterocycles. The average molecular weight is 467 g/mol. The van der Waals surface area contributed by atoms with Gasteiger partial charge in [0.15, 0.2) is 4.80 Å². The van der Waals surface area contributed by atoms with E-state index in [0.29, 0.717) is 26.4 Å². The summed E-state index contributed by atoms with van der Waals surface area (Å²) in [6.45, 7) is 7.45. The first kappa shape index (κ1) is 22.0. The third-order valence-electron chi connectivity index (χ3n) is 5.17. The summed E-state index contributed by atoms with van der Waals surface area (Å²) < 4.78 is 12.8. The van der Waals surface area contributed by atoms with Crippen molar-refractivity contribution >= 4 is 34.7 Å². The van der Waals surface area contributed by atoms with Gasteiger partial charge in [-0.25, -0.2) is 9.79 Å². The van der Waals surface area contributed by atoms with Crippen LogP contribution in [0.4, 0.5) is 0 Å². The third-order valence-corrected chi connectivity index (χ3v) is 7.12. The number of nitrogens with zero attached hydrogens (tertiary/aromatic N) is 2. The van der Waals surface area contributed by atoms with Crippen molar-refractivity contribution in [1.82, 2.24) is 4.57 Å². The molecule has 0 fully saturated rings. The maximum Gasteiger partial charge on any atom is 0.338 e. The minimum Gasteiger partial charge on any atom is -0.497 e. The topological polar surface area (TPSA) is 69.9 Å². The molecule has 1 aromatic carbocycles. The van der Waals surface area contributed by atoms with Crippen molar-refractivity contribution in [2.24, 2.45) is 4.99 Å². The molecular formula is C24H22N2O4S2. The summed E-state index contributed by atoms with van der Waals surface area (Å²) in [5.41, 5.74) is 2.55. The monoisotopic (exact) mass is 466 g/mol. The van der Waals surface area contributed by atoms with Gasteiger partial charge in [-0.05, 0) is 54.6 Å². The number of fused-ring (bicyclic) bond motifs is 1. The summed E-state index contributed by atoms with van der Waals surface area (Å²) in [6.07, 6.45) is 3.40. The van der Waals surface area contributed by atoms with E-state index < -0.39 is 12.0 Å². The number of benzene rings is 1. The smallest absolute Gasteiger partial charge is 0.338 e. The Morgan fingerprint density at radius 1 is 1.25 bits per heavy atom. The van der Waals surface area contributed by atoms with Gasteiger partial charge in [-0.15, -0.1) is 11.3 Å². The molecule has 8 heteroatoms. The number of allylic oxidation sites excluding steroid dienone is 1. The molecule has 0 N–H and O–H groups in total. The predicted molar refractivity (Wildman–Crippen MR) is 127 cm³/mol. The first-order valence-electron chi connectivity index (χ1n) is 9.93. The number of methoxy groups -OCH3 is 1. The molecule has 3 aromatic rings. The molecule has 0 radical (unpaired) electrons. The van der Waals surface area contributed by atoms with Crippen molar-refractivity contribution in [3.63, 3.8) is 0 Å². The van der Waals surface area contributed by atoms with Gasteiger partial charge >= 0.3 is 5.97 Å². The summed E-state index contributed by atoms with van der Waals surface area (Å²) in [7, 11) is 1.59. The van der Waals surface area contributed by atoms with Crippen LogP contribution in [0.3, 0.4) is 0 Å². The first-order chi connectivity index (χ1) is 15.4. The van der Waals surface area contributed by atoms with Crippen molar-refractivity contribution in [1.29, 1.82) is 0 Å². The van der Waals surface area contributed by atoms with Gasteiger partial charge in [0.2, 0.25) is 0 Å². The zero-order valence-electron chi connectivity index (χ0n) is 18.0. The van der Waals surface area contributed by atoms with E-state index in [1.54, 1.807) is 29.9 Å². The normalized spacial score (nSPS) is 15.8. The second-order valence-corrected chi connectivity index (χ2v) is 9.17. The second kappa shape index (κ2) is 9.10. The molecule has 0 spiro atoms. The van der Waals surface area contributed by atoms with Crippen molar-refractivity contribution in [3.8, 4) is 5.75 Å². The van der Waals surface area contributed by atoms with Crippen molar-refractivity contribution in [3.05, 3.63) is 95.3 Å². The van der Waals surface area contributed by atoms with Gasteiger partial charge in [0.05, 0.1) is 29.0 Å². The molecule has 1 atom stereocenters. The average Bonchev–Trinajstić information content (AvgIpc) is 3.33. The number of hydrogen-bond acceptors (Lipinski definition) is 7. The minimum atomic E-state index is -0.652. The summed E-state index contributed by atoms with van der Waals surface area (Å²) in [4.78, 5) is 32.7. The lowest BCUT2D eigenvalue weighted by molar-refractivity contribution is -0.138. The van der Waals surface area contributed by atoms with Crippen LogP contribution in [0.2, 0.25) is 0 Å². The lowest BCUT2D eigenvalue weighted by atomic mass is 9.96. The Kier molecular flexibility index (Phi) is 6.25. The predicted octanol–water partition coefficient (Wildman–Crippen LogP) is 3.34. The second-order valence-electron chi connectivity index (χ2n) is 7.21. The van der Waals surface area contributed by atoms with E-state index in [4.69, 9.17) is 9.47 Å². The Morgan fingerprint density at radius 3 is 2.62 bits per heavy atom. The Hall–Kier alpha value is -3.23. The fourth-order valence-corrected chi connectivity index (χ4v) is 5.51. The molecule has 0 aliphatic carbocycles. The Balaban J connectivity index is 1.93. The van der Waals surface area contributed by atoms with Gasteiger partial charge in [-0.1, -0.05) is 36.1 Å². The van der Waals surface area contributed by atoms with E-state index in [0.717, 1.165) is 16.0 Å². The van der Waals surface area contributed by atoms with Crippen LogP contribution in [-0.2, 0) is 9.53 Å². The first-order valence-corrected chi connectivity index (χ1v) is 11.6. The van der Waals surface area contributed by atoms with Crippen LogP contribution in [0.25, 0.3) is 6.08 Å². The summed E-state index contributed by atoms with van der Waals surface area (Å²) in [5.74, 6) is 0.168. The van der Waals surface area contributed by atoms with Gasteiger partial charge in [0, 0.05) is 4.88 Å². The highest BCUT2D eigenvalue weighted by molar-refractivity contribution is 7.11. The lowest BCUT2D eigenvalue weighted by Gasteiger charge is -2.24. The highest BCUT2D eigenvalue weighted by Crippen LogP contribution is 2.31. The lowest BCUT2D eigenvalue weighted by Crippen LogP contribution is -2.39. The van der Waals surface area contributed by atoms with Crippen molar-refractivity contribution < 1.29 is 14.3 Å². The highest BCUT2D eigenvalue weighted by Gasteiger charge is 2.33. The van der Waals surface area contributed by atoms with Gasteiger partial charge in [0.1, 0.15) is 12.4 Å². The number of carbonyl (C=O) groups is 1. The summed E-state index contributed by atoms with van der Waals surface area (Å²) in [5, 5.41) is 2.00. The maximum atomic E-state index is 13.5. The van der Waals surface area contributed by atoms with E-state index in [1.165, 1.54) is 17.4 Å². The number of thiazole rings is 1. The van der Waals surface area contributed by atoms with Crippen molar-refractivity contribution in [2.75, 3.05) is 13.7 Å². The zero-order valence-corrected chi connectivity index (χ0v) is 19.6. The van der Waals surface area contributed by atoms with Gasteiger partial charge < -0.3 is 9.47 Å². The molecule has 2 aromatic heterocycles. The molecule has 164 valence electrons. The van der Waals surface area contributed by atoms with Gasteiger partial charge in [0.25, 0.3) is 5.56 Å². The van der Waals surface area contributed by atoms with Gasteiger partial charge in [-0.3, -0.25) is 9.36 Å². The largest absolute Gasteiger partial charge is 0.497 e. The van der Waals surface area contributed by atoms with E-state index in [1.807, 2.05) is 48.7 Å². The number of aryl methyl sites for hydroxylation is 1. The summed E-state index contributed by atoms with van der Waals surface area (Å²) in [6, 6.07) is 8.68. The van der Waals surface area contributed by atoms with E-state index >= 15 is 0 Å². The van der Waals surface area contributed by atoms with Crippen LogP contribution in [0.1, 0.15) is 29.0 Å². The number of thiophene rings is 1. The zero-order chi connectivity index (χ0) is 22.8. The van der Waals surface area contributed by atoms with Gasteiger partial charge in [-0.2, -0.15) is 0 Å². The Morgan fingerprint density at radius 2 is 2.00 bits per heavy atom. The van der Waals surface area contributed by atoms with E-state index in [9.17, 15) is 9.59 Å². The number of hydrogen-bond donors (Lipinski definition) is 0. The number of aromatic nitrogens is 1. The fourth-order valence-electron chi connectivity index (χ4n) is 3.55. The highest BCUT2D eigenvalue weighted by atomic mass is 32.1. The van der Waals surface area contributed by atoms with Crippen molar-refractivity contribution in [2.45, 2.75) is 19.9 Å². The van der Waals surface area contributed by atoms with E-state index in [-0.39, 0.29) is 12.2 Å². The Labute approximate surface area is 193 Å². The van der Waals surface area contributed by atoms with Crippen LogP contribution in [0, 0.1) is 6.92 Å². The van der Waals surface area contributed by atoms with Crippen LogP contribution >= 0.6 is 22.7 Å². The molecule has 1 aliphatic rings. The maximum absolute atomic E-state index is 13.5. The number of carbonyl (C=O) groups excluding carboxylic acids is 1. The molecule has 1 aliphatic heterocycles. The minimum absolute atomic E-state index is 0.0764. The molecule has 0 unspecified atom stereocenters. The molecule has 0 amide bonds. The SMILES string of the molecule is C=CCOC(=O)C1=C(C)N=c2s/c(=C\c3sccc3C)c(=O)n2[C@@H]1c1ccc(OC)cc1.